The summed E-state index contributed by atoms with van der Waals surface area (Å²) in [5.41, 5.74) is 3.61. The van der Waals surface area contributed by atoms with Crippen molar-refractivity contribution in [2.75, 3.05) is 11.9 Å². The second kappa shape index (κ2) is 6.57. The minimum absolute atomic E-state index is 0.0709. The number of hydrogen-bond acceptors (Lipinski definition) is 2. The second-order valence-electron chi connectivity index (χ2n) is 5.20. The van der Waals surface area contributed by atoms with Gasteiger partial charge in [0.15, 0.2) is 0 Å². The molecule has 0 saturated carbocycles. The van der Waals surface area contributed by atoms with Crippen LogP contribution in [0.1, 0.15) is 37.3 Å². The van der Waals surface area contributed by atoms with Crippen LogP contribution in [0.5, 0.6) is 0 Å². The monoisotopic (exact) mass is 262 g/mol. The van der Waals surface area contributed by atoms with Gasteiger partial charge in [-0.15, -0.1) is 0 Å². The molecule has 4 nitrogen and oxygen atoms in total. The van der Waals surface area contributed by atoms with Gasteiger partial charge in [-0.3, -0.25) is 0 Å². The fourth-order valence-electron chi connectivity index (χ4n) is 2.51. The lowest BCUT2D eigenvalue weighted by atomic mass is 10.1. The molecule has 0 aliphatic heterocycles. The van der Waals surface area contributed by atoms with Crippen LogP contribution in [0.25, 0.3) is 0 Å². The summed E-state index contributed by atoms with van der Waals surface area (Å²) in [5, 5.41) is 14.5. The highest BCUT2D eigenvalue weighted by atomic mass is 16.3. The molecule has 0 spiro atoms. The van der Waals surface area contributed by atoms with Crippen LogP contribution in [-0.4, -0.2) is 23.8 Å². The number of benzene rings is 1. The fraction of sp³-hybridized carbons (Fsp3) is 0.533. The normalized spacial score (nSPS) is 14.8. The number of anilines is 1. The first-order valence-corrected chi connectivity index (χ1v) is 6.99. The van der Waals surface area contributed by atoms with E-state index in [0.717, 1.165) is 24.9 Å². The molecule has 4 heteroatoms. The van der Waals surface area contributed by atoms with E-state index in [2.05, 4.69) is 22.8 Å². The highest BCUT2D eigenvalue weighted by Gasteiger charge is 2.12. The first-order valence-electron chi connectivity index (χ1n) is 6.99. The average molecular weight is 262 g/mol. The highest BCUT2D eigenvalue weighted by molar-refractivity contribution is 5.89. The third kappa shape index (κ3) is 3.96. The lowest BCUT2D eigenvalue weighted by Gasteiger charge is -2.14. The van der Waals surface area contributed by atoms with E-state index in [4.69, 9.17) is 5.11 Å². The van der Waals surface area contributed by atoms with Gasteiger partial charge < -0.3 is 15.7 Å². The summed E-state index contributed by atoms with van der Waals surface area (Å²) < 4.78 is 0. The van der Waals surface area contributed by atoms with Crippen LogP contribution < -0.4 is 10.6 Å². The van der Waals surface area contributed by atoms with E-state index in [1.807, 2.05) is 13.0 Å². The van der Waals surface area contributed by atoms with Crippen molar-refractivity contribution in [3.05, 3.63) is 29.3 Å². The summed E-state index contributed by atoms with van der Waals surface area (Å²) >= 11 is 0. The van der Waals surface area contributed by atoms with Gasteiger partial charge in [-0.1, -0.05) is 6.07 Å². The van der Waals surface area contributed by atoms with Gasteiger partial charge in [-0.25, -0.2) is 4.79 Å². The third-order valence-corrected chi connectivity index (χ3v) is 3.53. The molecule has 0 saturated heterocycles. The number of carbonyl (C=O) groups is 1. The Bertz CT molecular complexity index is 446. The van der Waals surface area contributed by atoms with Gasteiger partial charge in [-0.05, 0) is 62.3 Å². The quantitative estimate of drug-likeness (QED) is 0.763. The number of fused-ring (bicyclic) bond motifs is 1. The van der Waals surface area contributed by atoms with Crippen LogP contribution in [0.4, 0.5) is 10.5 Å². The van der Waals surface area contributed by atoms with Gasteiger partial charge in [0.05, 0.1) is 0 Å². The summed E-state index contributed by atoms with van der Waals surface area (Å²) in [6, 6.07) is 6.03. The Kier molecular flexibility index (Phi) is 4.80. The number of amides is 2. The van der Waals surface area contributed by atoms with E-state index in [-0.39, 0.29) is 18.7 Å². The van der Waals surface area contributed by atoms with Crippen LogP contribution in [0.2, 0.25) is 0 Å². The van der Waals surface area contributed by atoms with Crippen LogP contribution in [0, 0.1) is 0 Å². The summed E-state index contributed by atoms with van der Waals surface area (Å²) in [6.45, 7) is 2.11. The zero-order chi connectivity index (χ0) is 13.7. The van der Waals surface area contributed by atoms with Crippen LogP contribution in [0.3, 0.4) is 0 Å². The van der Waals surface area contributed by atoms with Gasteiger partial charge in [0, 0.05) is 18.3 Å². The third-order valence-electron chi connectivity index (χ3n) is 3.53. The largest absolute Gasteiger partial charge is 0.396 e. The molecular weight excluding hydrogens is 240 g/mol. The molecule has 104 valence electrons. The molecule has 1 aromatic carbocycles. The van der Waals surface area contributed by atoms with E-state index in [1.54, 1.807) is 0 Å². The number of aliphatic hydroxyl groups is 1. The summed E-state index contributed by atoms with van der Waals surface area (Å²) in [5.74, 6) is 0. The van der Waals surface area contributed by atoms with Crippen molar-refractivity contribution in [1.29, 1.82) is 0 Å². The number of carbonyl (C=O) groups excluding carboxylic acids is 1. The molecule has 0 radical (unpaired) electrons. The number of aliphatic hydroxyl groups excluding tert-OH is 1. The molecule has 2 rings (SSSR count). The van der Waals surface area contributed by atoms with E-state index >= 15 is 0 Å². The average Bonchev–Trinajstić information content (AvgIpc) is 2.83. The highest BCUT2D eigenvalue weighted by Crippen LogP contribution is 2.24. The van der Waals surface area contributed by atoms with Crippen LogP contribution >= 0.6 is 0 Å². The molecule has 0 bridgehead atoms. The molecule has 1 aliphatic rings. The second-order valence-corrected chi connectivity index (χ2v) is 5.20. The molecule has 2 amide bonds. The Hall–Kier alpha value is -1.55. The smallest absolute Gasteiger partial charge is 0.319 e. The van der Waals surface area contributed by atoms with E-state index in [1.165, 1.54) is 17.5 Å². The standard InChI is InChI=1S/C15H22N2O2/c1-11(4-3-9-18)16-15(19)17-14-8-7-12-5-2-6-13(12)10-14/h7-8,10-11,18H,2-6,9H2,1H3,(H2,16,17,19). The number of hydrogen-bond donors (Lipinski definition) is 3. The lowest BCUT2D eigenvalue weighted by Crippen LogP contribution is -2.36. The molecule has 0 heterocycles. The Balaban J connectivity index is 1.85. The van der Waals surface area contributed by atoms with E-state index in [0.29, 0.717) is 6.42 Å². The van der Waals surface area contributed by atoms with Crippen molar-refractivity contribution in [2.24, 2.45) is 0 Å². The van der Waals surface area contributed by atoms with Crippen molar-refractivity contribution in [2.45, 2.75) is 45.1 Å². The van der Waals surface area contributed by atoms with Crippen LogP contribution in [0.15, 0.2) is 18.2 Å². The lowest BCUT2D eigenvalue weighted by molar-refractivity contribution is 0.245. The Morgan fingerprint density at radius 2 is 2.16 bits per heavy atom. The molecule has 1 atom stereocenters. The van der Waals surface area contributed by atoms with Crippen molar-refractivity contribution in [3.63, 3.8) is 0 Å². The van der Waals surface area contributed by atoms with Crippen molar-refractivity contribution in [1.82, 2.24) is 5.32 Å². The molecule has 1 aliphatic carbocycles. The maximum atomic E-state index is 11.8. The van der Waals surface area contributed by atoms with E-state index in [9.17, 15) is 4.79 Å². The van der Waals surface area contributed by atoms with Crippen molar-refractivity contribution >= 4 is 11.7 Å². The number of rotatable bonds is 5. The molecule has 0 aromatic heterocycles. The summed E-state index contributed by atoms with van der Waals surface area (Å²) in [7, 11) is 0. The predicted octanol–water partition coefficient (Wildman–Crippen LogP) is 2.46. The zero-order valence-corrected chi connectivity index (χ0v) is 11.4. The number of urea groups is 1. The first kappa shape index (κ1) is 13.9. The molecule has 1 aromatic rings. The minimum atomic E-state index is -0.177. The number of aryl methyl sites for hydroxylation is 2. The van der Waals surface area contributed by atoms with Gasteiger partial charge in [0.25, 0.3) is 0 Å². The molecule has 0 fully saturated rings. The SMILES string of the molecule is CC(CCCO)NC(=O)Nc1ccc2c(c1)CCC2. The Morgan fingerprint density at radius 3 is 2.95 bits per heavy atom. The summed E-state index contributed by atoms with van der Waals surface area (Å²) in [4.78, 5) is 11.8. The van der Waals surface area contributed by atoms with Crippen molar-refractivity contribution in [3.8, 4) is 0 Å². The zero-order valence-electron chi connectivity index (χ0n) is 11.4. The van der Waals surface area contributed by atoms with Crippen molar-refractivity contribution < 1.29 is 9.90 Å². The number of nitrogens with one attached hydrogen (secondary N) is 2. The van der Waals surface area contributed by atoms with Gasteiger partial charge >= 0.3 is 6.03 Å². The van der Waals surface area contributed by atoms with Gasteiger partial charge in [0.1, 0.15) is 0 Å². The Labute approximate surface area is 114 Å². The van der Waals surface area contributed by atoms with Crippen LogP contribution in [-0.2, 0) is 12.8 Å². The van der Waals surface area contributed by atoms with Gasteiger partial charge in [-0.2, -0.15) is 0 Å². The Morgan fingerprint density at radius 1 is 1.37 bits per heavy atom. The minimum Gasteiger partial charge on any atom is -0.396 e. The fourth-order valence-corrected chi connectivity index (χ4v) is 2.51. The summed E-state index contributed by atoms with van der Waals surface area (Å²) in [6.07, 6.45) is 4.97. The molecule has 1 unspecified atom stereocenters. The molecule has 3 N–H and O–H groups in total. The maximum Gasteiger partial charge on any atom is 0.319 e. The first-order chi connectivity index (χ1) is 9.19. The van der Waals surface area contributed by atoms with E-state index < -0.39 is 0 Å². The maximum absolute atomic E-state index is 11.8. The topological polar surface area (TPSA) is 61.4 Å². The predicted molar refractivity (Wildman–Crippen MR) is 76.4 cm³/mol. The van der Waals surface area contributed by atoms with Gasteiger partial charge in [0.2, 0.25) is 0 Å². The molecular formula is C15H22N2O2. The molecule has 19 heavy (non-hydrogen) atoms.